The van der Waals surface area contributed by atoms with Gasteiger partial charge >= 0.3 is 0 Å². The van der Waals surface area contributed by atoms with Crippen LogP contribution in [0.3, 0.4) is 0 Å². The second kappa shape index (κ2) is 6.95. The average Bonchev–Trinajstić information content (AvgIpc) is 2.95. The number of aliphatic hydroxyl groups excluding tert-OH is 1. The normalized spacial score (nSPS) is 18.7. The molecule has 0 saturated carbocycles. The van der Waals surface area contributed by atoms with E-state index >= 15 is 0 Å². The van der Waals surface area contributed by atoms with Crippen molar-refractivity contribution in [3.8, 4) is 17.3 Å². The first kappa shape index (κ1) is 15.7. The molecule has 0 bridgehead atoms. The SMILES string of the molecule is Cn1cc(CN2CCCC(CO)C2)c(-c2ccc(C#N)cc2)n1. The summed E-state index contributed by atoms with van der Waals surface area (Å²) >= 11 is 0. The topological polar surface area (TPSA) is 65.1 Å². The summed E-state index contributed by atoms with van der Waals surface area (Å²) in [5.41, 5.74) is 3.86. The average molecular weight is 310 g/mol. The fourth-order valence-corrected chi connectivity index (χ4v) is 3.28. The second-order valence-corrected chi connectivity index (χ2v) is 6.29. The molecule has 1 aromatic heterocycles. The standard InChI is InChI=1S/C18H22N4O/c1-21-11-17(12-22-8-2-3-15(10-22)13-23)18(20-21)16-6-4-14(9-19)5-7-16/h4-7,11,15,23H,2-3,8,10,12-13H2,1H3. The first-order valence-electron chi connectivity index (χ1n) is 8.06. The zero-order chi connectivity index (χ0) is 16.2. The first-order chi connectivity index (χ1) is 11.2. The molecule has 3 rings (SSSR count). The largest absolute Gasteiger partial charge is 0.396 e. The highest BCUT2D eigenvalue weighted by Gasteiger charge is 2.21. The van der Waals surface area contributed by atoms with Gasteiger partial charge < -0.3 is 5.11 Å². The number of hydrogen-bond donors (Lipinski definition) is 1. The first-order valence-corrected chi connectivity index (χ1v) is 8.06. The highest BCUT2D eigenvalue weighted by molar-refractivity contribution is 5.63. The van der Waals surface area contributed by atoms with Crippen molar-refractivity contribution >= 4 is 0 Å². The Kier molecular flexibility index (Phi) is 4.75. The number of benzene rings is 1. The van der Waals surface area contributed by atoms with Crippen LogP contribution in [0.25, 0.3) is 11.3 Å². The number of piperidine rings is 1. The summed E-state index contributed by atoms with van der Waals surface area (Å²) in [5, 5.41) is 22.9. The Morgan fingerprint density at radius 3 is 2.83 bits per heavy atom. The van der Waals surface area contributed by atoms with Crippen LogP contribution in [0.4, 0.5) is 0 Å². The van der Waals surface area contributed by atoms with E-state index in [2.05, 4.69) is 22.3 Å². The maximum absolute atomic E-state index is 9.39. The molecule has 23 heavy (non-hydrogen) atoms. The second-order valence-electron chi connectivity index (χ2n) is 6.29. The van der Waals surface area contributed by atoms with Crippen molar-refractivity contribution in [1.82, 2.24) is 14.7 Å². The number of rotatable bonds is 4. The summed E-state index contributed by atoms with van der Waals surface area (Å²) in [6, 6.07) is 9.72. The minimum absolute atomic E-state index is 0.270. The maximum Gasteiger partial charge on any atom is 0.0991 e. The van der Waals surface area contributed by atoms with Crippen LogP contribution in [0, 0.1) is 17.2 Å². The van der Waals surface area contributed by atoms with Crippen molar-refractivity contribution in [2.45, 2.75) is 19.4 Å². The Labute approximate surface area is 136 Å². The van der Waals surface area contributed by atoms with Crippen molar-refractivity contribution in [1.29, 1.82) is 5.26 Å². The predicted octanol–water partition coefficient (Wildman–Crippen LogP) is 2.16. The monoisotopic (exact) mass is 310 g/mol. The van der Waals surface area contributed by atoms with Gasteiger partial charge in [0.2, 0.25) is 0 Å². The van der Waals surface area contributed by atoms with E-state index in [1.165, 1.54) is 5.56 Å². The van der Waals surface area contributed by atoms with Gasteiger partial charge in [0.1, 0.15) is 0 Å². The summed E-state index contributed by atoms with van der Waals surface area (Å²) < 4.78 is 1.84. The molecule has 2 heterocycles. The van der Waals surface area contributed by atoms with E-state index in [9.17, 15) is 5.11 Å². The van der Waals surface area contributed by atoms with Gasteiger partial charge in [-0.05, 0) is 37.4 Å². The zero-order valence-corrected chi connectivity index (χ0v) is 13.4. The molecule has 1 aliphatic heterocycles. The van der Waals surface area contributed by atoms with Gasteiger partial charge in [0, 0.05) is 44.1 Å². The quantitative estimate of drug-likeness (QED) is 0.940. The summed E-state index contributed by atoms with van der Waals surface area (Å²) in [5.74, 6) is 0.388. The van der Waals surface area contributed by atoms with Crippen LogP contribution in [0.5, 0.6) is 0 Å². The number of hydrogen-bond acceptors (Lipinski definition) is 4. The lowest BCUT2D eigenvalue weighted by Crippen LogP contribution is -2.36. The molecule has 1 saturated heterocycles. The lowest BCUT2D eigenvalue weighted by Gasteiger charge is -2.31. The fourth-order valence-electron chi connectivity index (χ4n) is 3.28. The smallest absolute Gasteiger partial charge is 0.0991 e. The van der Waals surface area contributed by atoms with Crippen molar-refractivity contribution < 1.29 is 5.11 Å². The van der Waals surface area contributed by atoms with Gasteiger partial charge in [0.15, 0.2) is 0 Å². The number of nitrogens with zero attached hydrogens (tertiary/aromatic N) is 4. The lowest BCUT2D eigenvalue weighted by molar-refractivity contribution is 0.116. The summed E-state index contributed by atoms with van der Waals surface area (Å²) in [7, 11) is 1.93. The van der Waals surface area contributed by atoms with Crippen LogP contribution in [-0.2, 0) is 13.6 Å². The summed E-state index contributed by atoms with van der Waals surface area (Å²) in [6.07, 6.45) is 4.32. The Balaban J connectivity index is 1.81. The molecule has 0 spiro atoms. The Morgan fingerprint density at radius 2 is 2.13 bits per heavy atom. The molecule has 5 heteroatoms. The molecule has 1 unspecified atom stereocenters. The van der Waals surface area contributed by atoms with Gasteiger partial charge in [-0.3, -0.25) is 9.58 Å². The maximum atomic E-state index is 9.39. The van der Waals surface area contributed by atoms with Gasteiger partial charge in [-0.25, -0.2) is 0 Å². The molecule has 120 valence electrons. The van der Waals surface area contributed by atoms with Crippen LogP contribution >= 0.6 is 0 Å². The summed E-state index contributed by atoms with van der Waals surface area (Å²) in [4.78, 5) is 2.40. The van der Waals surface area contributed by atoms with Crippen molar-refractivity contribution in [3.05, 3.63) is 41.6 Å². The zero-order valence-electron chi connectivity index (χ0n) is 13.4. The molecule has 0 radical (unpaired) electrons. The third kappa shape index (κ3) is 3.61. The molecule has 1 atom stereocenters. The molecule has 5 nitrogen and oxygen atoms in total. The van der Waals surface area contributed by atoms with E-state index in [1.807, 2.05) is 36.0 Å². The van der Waals surface area contributed by atoms with Crippen molar-refractivity contribution in [3.63, 3.8) is 0 Å². The fraction of sp³-hybridized carbons (Fsp3) is 0.444. The molecule has 1 fully saturated rings. The third-order valence-electron chi connectivity index (χ3n) is 4.45. The van der Waals surface area contributed by atoms with E-state index in [0.29, 0.717) is 11.5 Å². The van der Waals surface area contributed by atoms with E-state index in [1.54, 1.807) is 0 Å². The van der Waals surface area contributed by atoms with Crippen LogP contribution in [0.1, 0.15) is 24.0 Å². The van der Waals surface area contributed by atoms with Crippen molar-refractivity contribution in [2.24, 2.45) is 13.0 Å². The molecular formula is C18H22N4O. The van der Waals surface area contributed by atoms with Gasteiger partial charge in [-0.2, -0.15) is 10.4 Å². The van der Waals surface area contributed by atoms with E-state index in [-0.39, 0.29) is 6.61 Å². The highest BCUT2D eigenvalue weighted by atomic mass is 16.3. The number of aliphatic hydroxyl groups is 1. The van der Waals surface area contributed by atoms with Crippen LogP contribution < -0.4 is 0 Å². The van der Waals surface area contributed by atoms with Gasteiger partial charge in [0.05, 0.1) is 17.3 Å². The number of likely N-dealkylation sites (tertiary alicyclic amines) is 1. The highest BCUT2D eigenvalue weighted by Crippen LogP contribution is 2.25. The van der Waals surface area contributed by atoms with E-state index in [0.717, 1.165) is 43.7 Å². The Bertz CT molecular complexity index is 699. The molecule has 2 aromatic rings. The molecule has 1 aliphatic rings. The van der Waals surface area contributed by atoms with Crippen LogP contribution in [0.2, 0.25) is 0 Å². The molecular weight excluding hydrogens is 288 g/mol. The van der Waals surface area contributed by atoms with E-state index in [4.69, 9.17) is 5.26 Å². The number of nitriles is 1. The Hall–Kier alpha value is -2.16. The predicted molar refractivity (Wildman–Crippen MR) is 88.4 cm³/mol. The van der Waals surface area contributed by atoms with Crippen LogP contribution in [0.15, 0.2) is 30.5 Å². The minimum Gasteiger partial charge on any atom is -0.396 e. The number of aromatic nitrogens is 2. The number of aryl methyl sites for hydroxylation is 1. The summed E-state index contributed by atoms with van der Waals surface area (Å²) in [6.45, 7) is 3.13. The molecule has 1 N–H and O–H groups in total. The van der Waals surface area contributed by atoms with Gasteiger partial charge in [-0.15, -0.1) is 0 Å². The van der Waals surface area contributed by atoms with Crippen LogP contribution in [-0.4, -0.2) is 39.5 Å². The minimum atomic E-state index is 0.270. The van der Waals surface area contributed by atoms with Gasteiger partial charge in [0.25, 0.3) is 0 Å². The van der Waals surface area contributed by atoms with Gasteiger partial charge in [-0.1, -0.05) is 12.1 Å². The molecule has 0 amide bonds. The molecule has 0 aliphatic carbocycles. The lowest BCUT2D eigenvalue weighted by atomic mass is 9.98. The third-order valence-corrected chi connectivity index (χ3v) is 4.45. The molecule has 1 aromatic carbocycles. The van der Waals surface area contributed by atoms with Crippen molar-refractivity contribution in [2.75, 3.05) is 19.7 Å². The Morgan fingerprint density at radius 1 is 1.35 bits per heavy atom. The van der Waals surface area contributed by atoms with E-state index < -0.39 is 0 Å².